The Kier molecular flexibility index (Phi) is 3.41. The minimum atomic E-state index is -0.354. The predicted molar refractivity (Wildman–Crippen MR) is 71.9 cm³/mol. The summed E-state index contributed by atoms with van der Waals surface area (Å²) in [4.78, 5) is 11.1. The summed E-state index contributed by atoms with van der Waals surface area (Å²) in [7, 11) is 0. The van der Waals surface area contributed by atoms with Crippen molar-refractivity contribution in [3.63, 3.8) is 0 Å². The van der Waals surface area contributed by atoms with Gasteiger partial charge >= 0.3 is 0 Å². The second-order valence-corrected chi connectivity index (χ2v) is 4.36. The zero-order valence-corrected chi connectivity index (χ0v) is 10.4. The van der Waals surface area contributed by atoms with E-state index in [4.69, 9.17) is 11.6 Å². The molecule has 86 valence electrons. The van der Waals surface area contributed by atoms with Gasteiger partial charge in [-0.15, -0.1) is 12.6 Å². The van der Waals surface area contributed by atoms with Crippen molar-refractivity contribution in [2.24, 2.45) is 0 Å². The van der Waals surface area contributed by atoms with E-state index in [1.807, 2.05) is 0 Å². The second kappa shape index (κ2) is 4.82. The van der Waals surface area contributed by atoms with Gasteiger partial charge in [0.2, 0.25) is 5.12 Å². The Labute approximate surface area is 109 Å². The molecule has 0 amide bonds. The van der Waals surface area contributed by atoms with E-state index < -0.39 is 0 Å². The van der Waals surface area contributed by atoms with Crippen LogP contribution in [0.2, 0.25) is 5.02 Å². The SMILES string of the molecule is O=C(S)c1ccc(-c2ccc(O)cc2)cc1Cl. The third kappa shape index (κ3) is 2.62. The first-order valence-electron chi connectivity index (χ1n) is 4.90. The quantitative estimate of drug-likeness (QED) is 0.810. The van der Waals surface area contributed by atoms with Crippen molar-refractivity contribution in [1.29, 1.82) is 0 Å². The molecule has 1 N–H and O–H groups in total. The van der Waals surface area contributed by atoms with Crippen LogP contribution in [0, 0.1) is 0 Å². The summed E-state index contributed by atoms with van der Waals surface area (Å²) < 4.78 is 0. The van der Waals surface area contributed by atoms with Crippen LogP contribution < -0.4 is 0 Å². The molecule has 2 aromatic carbocycles. The molecule has 2 rings (SSSR count). The van der Waals surface area contributed by atoms with Gasteiger partial charge < -0.3 is 5.11 Å². The molecule has 0 aliphatic rings. The van der Waals surface area contributed by atoms with Crippen LogP contribution in [0.3, 0.4) is 0 Å². The van der Waals surface area contributed by atoms with Crippen molar-refractivity contribution in [3.05, 3.63) is 53.1 Å². The van der Waals surface area contributed by atoms with Crippen LogP contribution in [0.25, 0.3) is 11.1 Å². The fraction of sp³-hybridized carbons (Fsp3) is 0. The lowest BCUT2D eigenvalue weighted by Crippen LogP contribution is -1.90. The van der Waals surface area contributed by atoms with E-state index in [-0.39, 0.29) is 10.9 Å². The molecule has 0 aromatic heterocycles. The molecule has 0 fully saturated rings. The number of carbonyl (C=O) groups is 1. The molecule has 0 radical (unpaired) electrons. The van der Waals surface area contributed by atoms with Gasteiger partial charge in [0.05, 0.1) is 5.02 Å². The molecule has 0 bridgehead atoms. The maximum absolute atomic E-state index is 11.1. The molecule has 0 aliphatic heterocycles. The molecule has 4 heteroatoms. The zero-order chi connectivity index (χ0) is 12.4. The third-order valence-corrected chi connectivity index (χ3v) is 2.95. The standard InChI is InChI=1S/C13H9ClO2S/c14-12-7-9(3-6-11(12)13(16)17)8-1-4-10(15)5-2-8/h1-7,15H,(H,16,17). The van der Waals surface area contributed by atoms with Crippen molar-refractivity contribution < 1.29 is 9.90 Å². The summed E-state index contributed by atoms with van der Waals surface area (Å²) >= 11 is 9.72. The van der Waals surface area contributed by atoms with Crippen LogP contribution in [-0.2, 0) is 0 Å². The van der Waals surface area contributed by atoms with Gasteiger partial charge in [0.25, 0.3) is 0 Å². The Morgan fingerprint density at radius 1 is 1.06 bits per heavy atom. The van der Waals surface area contributed by atoms with E-state index in [0.717, 1.165) is 11.1 Å². The number of carbonyl (C=O) groups excluding carboxylic acids is 1. The van der Waals surface area contributed by atoms with Gasteiger partial charge in [-0.1, -0.05) is 29.8 Å². The van der Waals surface area contributed by atoms with Gasteiger partial charge in [-0.05, 0) is 35.4 Å². The Balaban J connectivity index is 2.44. The predicted octanol–water partition coefficient (Wildman–Crippen LogP) is 3.78. The maximum atomic E-state index is 11.1. The first-order chi connectivity index (χ1) is 8.08. The molecule has 0 aliphatic carbocycles. The zero-order valence-electron chi connectivity index (χ0n) is 8.72. The average molecular weight is 265 g/mol. The molecule has 0 spiro atoms. The normalized spacial score (nSPS) is 10.2. The lowest BCUT2D eigenvalue weighted by atomic mass is 10.0. The van der Waals surface area contributed by atoms with E-state index in [0.29, 0.717) is 10.6 Å². The van der Waals surface area contributed by atoms with Crippen LogP contribution >= 0.6 is 24.2 Å². The summed E-state index contributed by atoms with van der Waals surface area (Å²) in [6.07, 6.45) is 0. The smallest absolute Gasteiger partial charge is 0.217 e. The minimum absolute atomic E-state index is 0.210. The first-order valence-corrected chi connectivity index (χ1v) is 5.72. The summed E-state index contributed by atoms with van der Waals surface area (Å²) in [5.41, 5.74) is 2.19. The number of hydrogen-bond acceptors (Lipinski definition) is 2. The summed E-state index contributed by atoms with van der Waals surface area (Å²) in [5.74, 6) is 0.210. The van der Waals surface area contributed by atoms with Crippen molar-refractivity contribution >= 4 is 29.3 Å². The number of rotatable bonds is 2. The van der Waals surface area contributed by atoms with Crippen LogP contribution in [0.5, 0.6) is 5.75 Å². The van der Waals surface area contributed by atoms with Gasteiger partial charge in [-0.2, -0.15) is 0 Å². The van der Waals surface area contributed by atoms with Crippen molar-refractivity contribution in [2.75, 3.05) is 0 Å². The summed E-state index contributed by atoms with van der Waals surface area (Å²) in [6, 6.07) is 11.9. The van der Waals surface area contributed by atoms with Gasteiger partial charge in [0.1, 0.15) is 5.75 Å². The van der Waals surface area contributed by atoms with Crippen LogP contribution in [0.1, 0.15) is 10.4 Å². The highest BCUT2D eigenvalue weighted by Crippen LogP contribution is 2.27. The van der Waals surface area contributed by atoms with E-state index in [1.54, 1.807) is 42.5 Å². The van der Waals surface area contributed by atoms with Gasteiger partial charge in [0.15, 0.2) is 0 Å². The van der Waals surface area contributed by atoms with Crippen LogP contribution in [0.4, 0.5) is 0 Å². The molecule has 0 saturated carbocycles. The lowest BCUT2D eigenvalue weighted by molar-refractivity contribution is 0.109. The highest BCUT2D eigenvalue weighted by Gasteiger charge is 2.07. The molecule has 2 aromatic rings. The number of hydrogen-bond donors (Lipinski definition) is 2. The summed E-state index contributed by atoms with van der Waals surface area (Å²) in [6.45, 7) is 0. The van der Waals surface area contributed by atoms with Crippen molar-refractivity contribution in [2.45, 2.75) is 0 Å². The number of thiol groups is 1. The fourth-order valence-corrected chi connectivity index (χ4v) is 2.05. The minimum Gasteiger partial charge on any atom is -0.508 e. The molecule has 2 nitrogen and oxygen atoms in total. The van der Waals surface area contributed by atoms with Gasteiger partial charge in [-0.3, -0.25) is 4.79 Å². The van der Waals surface area contributed by atoms with Gasteiger partial charge in [0, 0.05) is 5.56 Å². The van der Waals surface area contributed by atoms with Crippen LogP contribution in [-0.4, -0.2) is 10.2 Å². The molecule has 0 unspecified atom stereocenters. The molecule has 0 heterocycles. The molecule has 0 atom stereocenters. The van der Waals surface area contributed by atoms with E-state index in [2.05, 4.69) is 12.6 Å². The Bertz CT molecular complexity index is 564. The molecule has 0 saturated heterocycles. The number of aromatic hydroxyl groups is 1. The largest absolute Gasteiger partial charge is 0.508 e. The van der Waals surface area contributed by atoms with E-state index in [9.17, 15) is 9.90 Å². The molecular formula is C13H9ClO2S. The Morgan fingerprint density at radius 3 is 2.18 bits per heavy atom. The van der Waals surface area contributed by atoms with Crippen LogP contribution in [0.15, 0.2) is 42.5 Å². The van der Waals surface area contributed by atoms with Crippen molar-refractivity contribution in [3.8, 4) is 16.9 Å². The number of phenolic OH excluding ortho intramolecular Hbond substituents is 1. The second-order valence-electron chi connectivity index (χ2n) is 3.55. The fourth-order valence-electron chi connectivity index (χ4n) is 1.52. The highest BCUT2D eigenvalue weighted by molar-refractivity contribution is 7.97. The molecular weight excluding hydrogens is 256 g/mol. The molecule has 17 heavy (non-hydrogen) atoms. The van der Waals surface area contributed by atoms with E-state index >= 15 is 0 Å². The topological polar surface area (TPSA) is 37.3 Å². The van der Waals surface area contributed by atoms with E-state index in [1.165, 1.54) is 0 Å². The average Bonchev–Trinajstić information content (AvgIpc) is 2.29. The number of benzene rings is 2. The number of phenols is 1. The monoisotopic (exact) mass is 264 g/mol. The Hall–Kier alpha value is -1.45. The number of halogens is 1. The third-order valence-electron chi connectivity index (χ3n) is 2.40. The van der Waals surface area contributed by atoms with Crippen molar-refractivity contribution in [1.82, 2.24) is 0 Å². The first kappa shape index (κ1) is 12.0. The lowest BCUT2D eigenvalue weighted by Gasteiger charge is -2.05. The van der Waals surface area contributed by atoms with Gasteiger partial charge in [-0.25, -0.2) is 0 Å². The highest BCUT2D eigenvalue weighted by atomic mass is 35.5. The summed E-state index contributed by atoms with van der Waals surface area (Å²) in [5, 5.41) is 9.21. The Morgan fingerprint density at radius 2 is 1.65 bits per heavy atom. The maximum Gasteiger partial charge on any atom is 0.217 e.